The Bertz CT molecular complexity index is 574. The number of sulfonamides is 1. The van der Waals surface area contributed by atoms with Gasteiger partial charge in [-0.2, -0.15) is 0 Å². The maximum absolute atomic E-state index is 12.0. The summed E-state index contributed by atoms with van der Waals surface area (Å²) in [6, 6.07) is 6.47. The zero-order chi connectivity index (χ0) is 15.4. The minimum absolute atomic E-state index is 0.0609. The van der Waals surface area contributed by atoms with E-state index >= 15 is 0 Å². The summed E-state index contributed by atoms with van der Waals surface area (Å²) in [5.74, 6) is -0.167. The van der Waals surface area contributed by atoms with Gasteiger partial charge in [-0.1, -0.05) is 13.0 Å². The smallest absolute Gasteiger partial charge is 0.251 e. The van der Waals surface area contributed by atoms with Crippen molar-refractivity contribution in [1.29, 1.82) is 0 Å². The Hall–Kier alpha value is -1.56. The van der Waals surface area contributed by atoms with Crippen LogP contribution in [0.4, 0.5) is 5.69 Å². The van der Waals surface area contributed by atoms with Crippen LogP contribution in [0.15, 0.2) is 24.3 Å². The first-order valence-electron chi connectivity index (χ1n) is 6.56. The number of carbonyl (C=O) groups is 1. The quantitative estimate of drug-likeness (QED) is 0.876. The molecular weight excluding hydrogens is 276 g/mol. The fourth-order valence-electron chi connectivity index (χ4n) is 1.64. The summed E-state index contributed by atoms with van der Waals surface area (Å²) in [6.45, 7) is 7.46. The molecule has 1 aromatic carbocycles. The van der Waals surface area contributed by atoms with E-state index in [1.165, 1.54) is 6.07 Å². The number of rotatable bonds is 5. The number of carbonyl (C=O) groups excluding carboxylic acids is 1. The standard InChI is InChI=1S/C14H22N2O3S/c1-5-9-20(18,19)16-12-8-6-7-11(10-12)13(17)15-14(2,3)4/h6-8,10,16H,5,9H2,1-4H3,(H,15,17). The maximum atomic E-state index is 12.0. The minimum Gasteiger partial charge on any atom is -0.347 e. The van der Waals surface area contributed by atoms with E-state index < -0.39 is 10.0 Å². The zero-order valence-corrected chi connectivity index (χ0v) is 13.2. The fourth-order valence-corrected chi connectivity index (χ4v) is 2.76. The third kappa shape index (κ3) is 5.61. The van der Waals surface area contributed by atoms with Crippen molar-refractivity contribution in [2.24, 2.45) is 0 Å². The van der Waals surface area contributed by atoms with Crippen molar-refractivity contribution >= 4 is 21.6 Å². The van der Waals surface area contributed by atoms with E-state index in [0.717, 1.165) is 0 Å². The molecule has 0 bridgehead atoms. The predicted octanol–water partition coefficient (Wildman–Crippen LogP) is 2.37. The molecule has 0 saturated heterocycles. The topological polar surface area (TPSA) is 75.3 Å². The highest BCUT2D eigenvalue weighted by Crippen LogP contribution is 2.14. The Labute approximate surface area is 120 Å². The molecule has 0 aliphatic rings. The number of amides is 1. The molecule has 0 aromatic heterocycles. The molecule has 0 spiro atoms. The Balaban J connectivity index is 2.89. The lowest BCUT2D eigenvalue weighted by Crippen LogP contribution is -2.40. The first-order valence-corrected chi connectivity index (χ1v) is 8.21. The molecule has 6 heteroatoms. The third-order valence-electron chi connectivity index (χ3n) is 2.36. The van der Waals surface area contributed by atoms with E-state index in [1.807, 2.05) is 20.8 Å². The van der Waals surface area contributed by atoms with E-state index in [1.54, 1.807) is 25.1 Å². The minimum atomic E-state index is -3.34. The van der Waals surface area contributed by atoms with Crippen molar-refractivity contribution in [3.8, 4) is 0 Å². The summed E-state index contributed by atoms with van der Waals surface area (Å²) in [5.41, 5.74) is 0.492. The molecule has 0 radical (unpaired) electrons. The van der Waals surface area contributed by atoms with Crippen molar-refractivity contribution in [2.45, 2.75) is 39.7 Å². The molecule has 0 atom stereocenters. The molecule has 1 aromatic rings. The van der Waals surface area contributed by atoms with Gasteiger partial charge in [-0.05, 0) is 45.4 Å². The van der Waals surface area contributed by atoms with Crippen molar-refractivity contribution in [1.82, 2.24) is 5.32 Å². The van der Waals surface area contributed by atoms with Gasteiger partial charge in [0.25, 0.3) is 5.91 Å². The zero-order valence-electron chi connectivity index (χ0n) is 12.4. The molecule has 1 rings (SSSR count). The number of anilines is 1. The van der Waals surface area contributed by atoms with Gasteiger partial charge in [0.2, 0.25) is 10.0 Å². The highest BCUT2D eigenvalue weighted by atomic mass is 32.2. The second kappa shape index (κ2) is 6.26. The molecule has 0 unspecified atom stereocenters. The van der Waals surface area contributed by atoms with E-state index in [4.69, 9.17) is 0 Å². The van der Waals surface area contributed by atoms with Crippen LogP contribution in [0.25, 0.3) is 0 Å². The lowest BCUT2D eigenvalue weighted by molar-refractivity contribution is 0.0919. The summed E-state index contributed by atoms with van der Waals surface area (Å²) >= 11 is 0. The Morgan fingerprint density at radius 1 is 1.25 bits per heavy atom. The molecule has 0 aliphatic carbocycles. The number of hydrogen-bond donors (Lipinski definition) is 2. The Morgan fingerprint density at radius 3 is 2.45 bits per heavy atom. The normalized spacial score (nSPS) is 12.0. The molecule has 2 N–H and O–H groups in total. The SMILES string of the molecule is CCCS(=O)(=O)Nc1cccc(C(=O)NC(C)(C)C)c1. The molecule has 112 valence electrons. The van der Waals surface area contributed by atoms with Crippen molar-refractivity contribution < 1.29 is 13.2 Å². The molecule has 1 amide bonds. The van der Waals surface area contributed by atoms with Crippen molar-refractivity contribution in [2.75, 3.05) is 10.5 Å². The average molecular weight is 298 g/mol. The first kappa shape index (κ1) is 16.5. The van der Waals surface area contributed by atoms with Crippen LogP contribution in [0.3, 0.4) is 0 Å². The molecule has 0 heterocycles. The summed E-state index contributed by atoms with van der Waals surface area (Å²) in [6.07, 6.45) is 0.541. The molecular formula is C14H22N2O3S. The van der Waals surface area contributed by atoms with Gasteiger partial charge in [0.15, 0.2) is 0 Å². The van der Waals surface area contributed by atoms with Crippen molar-refractivity contribution in [3.05, 3.63) is 29.8 Å². The van der Waals surface area contributed by atoms with E-state index in [0.29, 0.717) is 17.7 Å². The van der Waals surface area contributed by atoms with Crippen LogP contribution >= 0.6 is 0 Å². The summed E-state index contributed by atoms with van der Waals surface area (Å²) in [5, 5.41) is 2.83. The first-order chi connectivity index (χ1) is 9.13. The van der Waals surface area contributed by atoms with Gasteiger partial charge in [0.05, 0.1) is 5.75 Å². The largest absolute Gasteiger partial charge is 0.347 e. The second-order valence-corrected chi connectivity index (χ2v) is 7.55. The van der Waals surface area contributed by atoms with E-state index in [-0.39, 0.29) is 17.2 Å². The van der Waals surface area contributed by atoms with Gasteiger partial charge >= 0.3 is 0 Å². The van der Waals surface area contributed by atoms with Crippen LogP contribution in [-0.4, -0.2) is 25.6 Å². The second-order valence-electron chi connectivity index (χ2n) is 5.71. The van der Waals surface area contributed by atoms with Crippen molar-refractivity contribution in [3.63, 3.8) is 0 Å². The van der Waals surface area contributed by atoms with Gasteiger partial charge in [0, 0.05) is 16.8 Å². The maximum Gasteiger partial charge on any atom is 0.251 e. The van der Waals surface area contributed by atoms with Crippen LogP contribution in [0, 0.1) is 0 Å². The number of benzene rings is 1. The third-order valence-corrected chi connectivity index (χ3v) is 3.85. The van der Waals surface area contributed by atoms with Crippen LogP contribution in [-0.2, 0) is 10.0 Å². The van der Waals surface area contributed by atoms with Gasteiger partial charge in [-0.3, -0.25) is 9.52 Å². The number of hydrogen-bond acceptors (Lipinski definition) is 3. The highest BCUT2D eigenvalue weighted by molar-refractivity contribution is 7.92. The Kier molecular flexibility index (Phi) is 5.16. The molecule has 20 heavy (non-hydrogen) atoms. The highest BCUT2D eigenvalue weighted by Gasteiger charge is 2.16. The van der Waals surface area contributed by atoms with Crippen LogP contribution in [0.1, 0.15) is 44.5 Å². The molecule has 0 aliphatic heterocycles. The lowest BCUT2D eigenvalue weighted by Gasteiger charge is -2.20. The van der Waals surface area contributed by atoms with Gasteiger partial charge in [-0.25, -0.2) is 8.42 Å². The van der Waals surface area contributed by atoms with E-state index in [2.05, 4.69) is 10.0 Å². The number of nitrogens with one attached hydrogen (secondary N) is 2. The fraction of sp³-hybridized carbons (Fsp3) is 0.500. The summed E-state index contributed by atoms with van der Waals surface area (Å²) in [7, 11) is -3.34. The summed E-state index contributed by atoms with van der Waals surface area (Å²) in [4.78, 5) is 12.0. The predicted molar refractivity (Wildman–Crippen MR) is 81.4 cm³/mol. The van der Waals surface area contributed by atoms with Gasteiger partial charge in [0.1, 0.15) is 0 Å². The average Bonchev–Trinajstić information content (AvgIpc) is 2.26. The van der Waals surface area contributed by atoms with Crippen LogP contribution < -0.4 is 10.0 Å². The molecule has 5 nitrogen and oxygen atoms in total. The van der Waals surface area contributed by atoms with E-state index in [9.17, 15) is 13.2 Å². The van der Waals surface area contributed by atoms with Gasteiger partial charge < -0.3 is 5.32 Å². The van der Waals surface area contributed by atoms with Gasteiger partial charge in [-0.15, -0.1) is 0 Å². The molecule has 0 fully saturated rings. The van der Waals surface area contributed by atoms with Crippen LogP contribution in [0.2, 0.25) is 0 Å². The monoisotopic (exact) mass is 298 g/mol. The lowest BCUT2D eigenvalue weighted by atomic mass is 10.1. The molecule has 0 saturated carbocycles. The van der Waals surface area contributed by atoms with Crippen LogP contribution in [0.5, 0.6) is 0 Å². The summed E-state index contributed by atoms with van der Waals surface area (Å²) < 4.78 is 25.9. The Morgan fingerprint density at radius 2 is 1.90 bits per heavy atom.